The Morgan fingerprint density at radius 3 is 2.58 bits per heavy atom. The first-order chi connectivity index (χ1) is 9.15. The number of nitrogens with zero attached hydrogens (tertiary/aromatic N) is 1. The second-order valence-electron chi connectivity index (χ2n) is 6.06. The van der Waals surface area contributed by atoms with Crippen LogP contribution in [0.3, 0.4) is 0 Å². The number of aliphatic hydroxyl groups excluding tert-OH is 1. The van der Waals surface area contributed by atoms with Gasteiger partial charge in [0.25, 0.3) is 0 Å². The first kappa shape index (κ1) is 14.8. The van der Waals surface area contributed by atoms with Crippen molar-refractivity contribution in [3.63, 3.8) is 0 Å². The van der Waals surface area contributed by atoms with Crippen molar-refractivity contribution < 1.29 is 9.90 Å². The number of hydrogen-bond acceptors (Lipinski definition) is 3. The van der Waals surface area contributed by atoms with Gasteiger partial charge in [0.05, 0.1) is 12.1 Å². The molecule has 2 aliphatic rings. The van der Waals surface area contributed by atoms with E-state index in [0.29, 0.717) is 18.5 Å². The molecular weight excluding hydrogens is 240 g/mol. The molecular formula is C15H28N2O2. The quantitative estimate of drug-likeness (QED) is 0.736. The van der Waals surface area contributed by atoms with Crippen LogP contribution in [0.1, 0.15) is 52.4 Å². The summed E-state index contributed by atoms with van der Waals surface area (Å²) in [5.74, 6) is 0.507. The van der Waals surface area contributed by atoms with Crippen LogP contribution in [-0.2, 0) is 4.79 Å². The summed E-state index contributed by atoms with van der Waals surface area (Å²) in [5, 5.41) is 13.7. The van der Waals surface area contributed by atoms with E-state index in [1.165, 1.54) is 12.8 Å². The van der Waals surface area contributed by atoms with E-state index >= 15 is 0 Å². The molecule has 4 nitrogen and oxygen atoms in total. The maximum atomic E-state index is 12.4. The molecule has 1 saturated heterocycles. The first-order valence-electron chi connectivity index (χ1n) is 7.88. The van der Waals surface area contributed by atoms with E-state index in [-0.39, 0.29) is 18.1 Å². The zero-order valence-electron chi connectivity index (χ0n) is 12.3. The number of carbonyl (C=O) groups is 1. The molecule has 0 aromatic heterocycles. The van der Waals surface area contributed by atoms with Gasteiger partial charge in [-0.05, 0) is 31.6 Å². The molecule has 4 heteroatoms. The molecule has 1 amide bonds. The average molecular weight is 268 g/mol. The zero-order valence-corrected chi connectivity index (χ0v) is 12.3. The van der Waals surface area contributed by atoms with E-state index in [9.17, 15) is 9.90 Å². The third-order valence-electron chi connectivity index (χ3n) is 4.55. The third kappa shape index (κ3) is 3.93. The molecule has 2 unspecified atom stereocenters. The molecule has 0 radical (unpaired) electrons. The molecule has 2 rings (SSSR count). The summed E-state index contributed by atoms with van der Waals surface area (Å²) in [5.41, 5.74) is 0. The lowest BCUT2D eigenvalue weighted by molar-refractivity contribution is -0.138. The largest absolute Gasteiger partial charge is 0.391 e. The monoisotopic (exact) mass is 268 g/mol. The van der Waals surface area contributed by atoms with Crippen molar-refractivity contribution in [1.29, 1.82) is 0 Å². The van der Waals surface area contributed by atoms with Crippen molar-refractivity contribution in [3.05, 3.63) is 0 Å². The van der Waals surface area contributed by atoms with Crippen molar-refractivity contribution in [2.24, 2.45) is 5.92 Å². The number of β-amino-alcohol motifs (C(OH)–C–C–N with tert-alkyl or cyclic N) is 1. The summed E-state index contributed by atoms with van der Waals surface area (Å²) < 4.78 is 0. The van der Waals surface area contributed by atoms with Gasteiger partial charge < -0.3 is 15.3 Å². The molecule has 19 heavy (non-hydrogen) atoms. The Bertz CT molecular complexity index is 301. The number of nitrogens with one attached hydrogen (secondary N) is 1. The Balaban J connectivity index is 1.85. The predicted octanol–water partition coefficient (Wildman–Crippen LogP) is 1.53. The summed E-state index contributed by atoms with van der Waals surface area (Å²) >= 11 is 0. The molecule has 2 N–H and O–H groups in total. The number of rotatable bonds is 7. The van der Waals surface area contributed by atoms with Gasteiger partial charge in [-0.3, -0.25) is 4.79 Å². The van der Waals surface area contributed by atoms with Crippen LogP contribution in [0.25, 0.3) is 0 Å². The minimum atomic E-state index is -0.376. The highest BCUT2D eigenvalue weighted by Gasteiger charge is 2.34. The summed E-state index contributed by atoms with van der Waals surface area (Å²) in [7, 11) is 0. The van der Waals surface area contributed by atoms with Gasteiger partial charge in [0, 0.05) is 19.1 Å². The molecule has 0 aromatic rings. The normalized spacial score (nSPS) is 26.0. The fourth-order valence-electron chi connectivity index (χ4n) is 3.02. The first-order valence-corrected chi connectivity index (χ1v) is 7.88. The number of carbonyl (C=O) groups excluding carboxylic acids is 1. The van der Waals surface area contributed by atoms with E-state index in [2.05, 4.69) is 19.2 Å². The van der Waals surface area contributed by atoms with Crippen LogP contribution in [0.15, 0.2) is 0 Å². The van der Waals surface area contributed by atoms with Gasteiger partial charge in [-0.15, -0.1) is 0 Å². The molecule has 1 heterocycles. The van der Waals surface area contributed by atoms with E-state index in [0.717, 1.165) is 32.2 Å². The highest BCUT2D eigenvalue weighted by Crippen LogP contribution is 2.23. The fourth-order valence-corrected chi connectivity index (χ4v) is 3.02. The van der Waals surface area contributed by atoms with Crippen molar-refractivity contribution in [3.8, 4) is 0 Å². The Morgan fingerprint density at radius 2 is 2.00 bits per heavy atom. The fraction of sp³-hybridized carbons (Fsp3) is 0.933. The minimum absolute atomic E-state index is 0.00449. The maximum Gasteiger partial charge on any atom is 0.239 e. The van der Waals surface area contributed by atoms with E-state index in [1.54, 1.807) is 0 Å². The van der Waals surface area contributed by atoms with Gasteiger partial charge >= 0.3 is 0 Å². The van der Waals surface area contributed by atoms with E-state index in [4.69, 9.17) is 0 Å². The van der Waals surface area contributed by atoms with Crippen LogP contribution < -0.4 is 5.32 Å². The summed E-state index contributed by atoms with van der Waals surface area (Å²) in [6.07, 6.45) is 5.99. The highest BCUT2D eigenvalue weighted by atomic mass is 16.3. The van der Waals surface area contributed by atoms with Gasteiger partial charge in [-0.25, -0.2) is 0 Å². The van der Waals surface area contributed by atoms with Gasteiger partial charge in [-0.1, -0.05) is 26.7 Å². The molecule has 110 valence electrons. The van der Waals surface area contributed by atoms with E-state index < -0.39 is 0 Å². The second-order valence-corrected chi connectivity index (χ2v) is 6.06. The third-order valence-corrected chi connectivity index (χ3v) is 4.55. The van der Waals surface area contributed by atoms with Crippen LogP contribution in [0.2, 0.25) is 0 Å². The van der Waals surface area contributed by atoms with Crippen LogP contribution in [0.5, 0.6) is 0 Å². The molecule has 0 aromatic carbocycles. The molecule has 0 bridgehead atoms. The Morgan fingerprint density at radius 1 is 1.32 bits per heavy atom. The molecule has 2 atom stereocenters. The van der Waals surface area contributed by atoms with Crippen LogP contribution in [0, 0.1) is 5.92 Å². The second kappa shape index (κ2) is 6.71. The summed E-state index contributed by atoms with van der Waals surface area (Å²) in [4.78, 5) is 14.2. The Hall–Kier alpha value is -0.610. The highest BCUT2D eigenvalue weighted by molar-refractivity contribution is 5.82. The van der Waals surface area contributed by atoms with Gasteiger partial charge in [-0.2, -0.15) is 0 Å². The van der Waals surface area contributed by atoms with Crippen LogP contribution >= 0.6 is 0 Å². The SMILES string of the molecule is CCC(CC)C(O)CN1CCCC(NC2CC2)C1=O. The molecule has 1 aliphatic carbocycles. The van der Waals surface area contributed by atoms with E-state index in [1.807, 2.05) is 4.90 Å². The molecule has 2 fully saturated rings. The summed E-state index contributed by atoms with van der Waals surface area (Å²) in [6, 6.07) is 0.563. The van der Waals surface area contributed by atoms with Gasteiger partial charge in [0.1, 0.15) is 0 Å². The van der Waals surface area contributed by atoms with Crippen LogP contribution in [0.4, 0.5) is 0 Å². The topological polar surface area (TPSA) is 52.6 Å². The lowest BCUT2D eigenvalue weighted by Gasteiger charge is -2.35. The standard InChI is InChI=1S/C15H28N2O2/c1-3-11(4-2)14(18)10-17-9-5-6-13(15(17)19)16-12-7-8-12/h11-14,16,18H,3-10H2,1-2H3. The predicted molar refractivity (Wildman–Crippen MR) is 75.8 cm³/mol. The van der Waals surface area contributed by atoms with Crippen molar-refractivity contribution in [2.75, 3.05) is 13.1 Å². The average Bonchev–Trinajstić information content (AvgIpc) is 3.20. The summed E-state index contributed by atoms with van der Waals surface area (Å²) in [6.45, 7) is 5.52. The zero-order chi connectivity index (χ0) is 13.8. The molecule has 1 saturated carbocycles. The Kier molecular flexibility index (Phi) is 5.22. The molecule has 0 spiro atoms. The number of likely N-dealkylation sites (tertiary alicyclic amines) is 1. The number of hydrogen-bond donors (Lipinski definition) is 2. The van der Waals surface area contributed by atoms with Gasteiger partial charge in [0.2, 0.25) is 5.91 Å². The number of aliphatic hydroxyl groups is 1. The van der Waals surface area contributed by atoms with Crippen molar-refractivity contribution in [1.82, 2.24) is 10.2 Å². The lowest BCUT2D eigenvalue weighted by atomic mass is 9.95. The number of piperidine rings is 1. The number of amides is 1. The van der Waals surface area contributed by atoms with Gasteiger partial charge in [0.15, 0.2) is 0 Å². The Labute approximate surface area is 116 Å². The minimum Gasteiger partial charge on any atom is -0.391 e. The van der Waals surface area contributed by atoms with Crippen LogP contribution in [-0.4, -0.2) is 47.2 Å². The van der Waals surface area contributed by atoms with Crippen molar-refractivity contribution in [2.45, 2.75) is 70.6 Å². The van der Waals surface area contributed by atoms with Crippen molar-refractivity contribution >= 4 is 5.91 Å². The maximum absolute atomic E-state index is 12.4. The smallest absolute Gasteiger partial charge is 0.239 e. The lowest BCUT2D eigenvalue weighted by Crippen LogP contribution is -2.53. The molecule has 1 aliphatic heterocycles.